The molecule has 0 spiro atoms. The number of primary amides is 1. The normalized spacial score (nSPS) is 31.5. The van der Waals surface area contributed by atoms with Crippen molar-refractivity contribution < 1.29 is 9.28 Å². The quantitative estimate of drug-likeness (QED) is 0.849. The predicted octanol–water partition coefficient (Wildman–Crippen LogP) is 2.49. The van der Waals surface area contributed by atoms with Crippen molar-refractivity contribution in [2.75, 3.05) is 13.6 Å². The molecule has 3 heteroatoms. The first-order chi connectivity index (χ1) is 10.5. The molecule has 2 aliphatic rings. The number of benzene rings is 2. The molecule has 3 atom stereocenters. The van der Waals surface area contributed by atoms with Crippen LogP contribution in [0.5, 0.6) is 0 Å². The zero-order valence-corrected chi connectivity index (χ0v) is 13.0. The van der Waals surface area contributed by atoms with E-state index < -0.39 is 0 Å². The van der Waals surface area contributed by atoms with E-state index in [9.17, 15) is 4.79 Å². The lowest BCUT2D eigenvalue weighted by Gasteiger charge is -2.51. The van der Waals surface area contributed by atoms with Gasteiger partial charge in [-0.05, 0) is 12.5 Å². The van der Waals surface area contributed by atoms with Crippen molar-refractivity contribution in [3.05, 3.63) is 70.8 Å². The Morgan fingerprint density at radius 2 is 1.82 bits per heavy atom. The molecule has 0 aliphatic carbocycles. The van der Waals surface area contributed by atoms with E-state index in [0.717, 1.165) is 6.42 Å². The Balaban J connectivity index is 2.06. The minimum absolute atomic E-state index is 0.217. The first-order valence-electron chi connectivity index (χ1n) is 7.80. The highest BCUT2D eigenvalue weighted by atomic mass is 16.1. The second-order valence-electron chi connectivity index (χ2n) is 6.93. The Labute approximate surface area is 131 Å². The molecule has 2 aromatic carbocycles. The molecule has 0 unspecified atom stereocenters. The van der Waals surface area contributed by atoms with Crippen LogP contribution in [0.25, 0.3) is 0 Å². The minimum atomic E-state index is -0.231. The molecule has 0 saturated carbocycles. The first kappa shape index (κ1) is 13.5. The third-order valence-electron chi connectivity index (χ3n) is 5.99. The number of nitrogens with zero attached hydrogens (tertiary/aromatic N) is 1. The number of carbonyl (C=O) groups is 1. The Bertz CT molecular complexity index is 772. The van der Waals surface area contributed by atoms with Gasteiger partial charge >= 0.3 is 0 Å². The fourth-order valence-electron chi connectivity index (χ4n) is 4.83. The molecule has 2 bridgehead atoms. The summed E-state index contributed by atoms with van der Waals surface area (Å²) in [4.78, 5) is 11.8. The van der Waals surface area contributed by atoms with E-state index in [-0.39, 0.29) is 11.4 Å². The second-order valence-corrected chi connectivity index (χ2v) is 6.93. The van der Waals surface area contributed by atoms with Gasteiger partial charge in [-0.15, -0.1) is 0 Å². The standard InChI is InChI=1S/C19H20N2O/c1-19-15-9-5-3-7-13(15)11-17(21(19,2)12-18(20)22)14-8-4-6-10-16(14)19/h3-10,17H,11-12H2,1-2H3,(H-,20,22)/p+1/t17-,19+,21+/m0/s1. The molecule has 3 nitrogen and oxygen atoms in total. The van der Waals surface area contributed by atoms with Crippen LogP contribution in [0, 0.1) is 0 Å². The number of nitrogens with two attached hydrogens (primary N) is 1. The molecule has 4 rings (SSSR count). The predicted molar refractivity (Wildman–Crippen MR) is 86.0 cm³/mol. The largest absolute Gasteiger partial charge is 0.365 e. The third-order valence-corrected chi connectivity index (χ3v) is 5.99. The monoisotopic (exact) mass is 293 g/mol. The zero-order valence-electron chi connectivity index (χ0n) is 13.0. The van der Waals surface area contributed by atoms with Crippen molar-refractivity contribution in [1.82, 2.24) is 0 Å². The maximum Gasteiger partial charge on any atom is 0.272 e. The van der Waals surface area contributed by atoms with Gasteiger partial charge in [0.05, 0.1) is 7.05 Å². The highest BCUT2D eigenvalue weighted by Gasteiger charge is 2.62. The van der Waals surface area contributed by atoms with Gasteiger partial charge in [0.1, 0.15) is 11.6 Å². The van der Waals surface area contributed by atoms with E-state index >= 15 is 0 Å². The van der Waals surface area contributed by atoms with E-state index in [1.165, 1.54) is 22.3 Å². The number of carbonyl (C=O) groups excluding carboxylic acids is 1. The first-order valence-corrected chi connectivity index (χ1v) is 7.80. The Morgan fingerprint density at radius 1 is 1.18 bits per heavy atom. The lowest BCUT2D eigenvalue weighted by molar-refractivity contribution is -0.974. The molecule has 0 aromatic heterocycles. The fourth-order valence-corrected chi connectivity index (χ4v) is 4.83. The van der Waals surface area contributed by atoms with Gasteiger partial charge in [0.2, 0.25) is 0 Å². The van der Waals surface area contributed by atoms with Crippen LogP contribution in [-0.2, 0) is 16.8 Å². The maximum absolute atomic E-state index is 11.8. The second kappa shape index (κ2) is 4.20. The summed E-state index contributed by atoms with van der Waals surface area (Å²) in [5.74, 6) is -0.231. The summed E-state index contributed by atoms with van der Waals surface area (Å²) in [6.07, 6.45) is 0.965. The van der Waals surface area contributed by atoms with Crippen molar-refractivity contribution in [1.29, 1.82) is 0 Å². The molecule has 0 saturated heterocycles. The molecule has 22 heavy (non-hydrogen) atoms. The van der Waals surface area contributed by atoms with Gasteiger partial charge in [0, 0.05) is 23.1 Å². The van der Waals surface area contributed by atoms with E-state index in [1.54, 1.807) is 0 Å². The average molecular weight is 293 g/mol. The number of fused-ring (bicyclic) bond motifs is 7. The minimum Gasteiger partial charge on any atom is -0.365 e. The highest BCUT2D eigenvalue weighted by Crippen LogP contribution is 2.59. The van der Waals surface area contributed by atoms with Crippen LogP contribution in [0.4, 0.5) is 0 Å². The zero-order chi connectivity index (χ0) is 15.5. The fraction of sp³-hybridized carbons (Fsp3) is 0.316. The maximum atomic E-state index is 11.8. The molecule has 112 valence electrons. The SMILES string of the molecule is C[C@@]12c3ccccc3C[C@@H](c3ccccc31)[N@@+]2(C)CC(N)=O. The topological polar surface area (TPSA) is 43.1 Å². The molecule has 2 heterocycles. The van der Waals surface area contributed by atoms with Crippen molar-refractivity contribution in [3.8, 4) is 0 Å². The van der Waals surface area contributed by atoms with Gasteiger partial charge in [-0.3, -0.25) is 9.28 Å². The lowest BCUT2D eigenvalue weighted by atomic mass is 9.78. The van der Waals surface area contributed by atoms with E-state index in [0.29, 0.717) is 17.1 Å². The van der Waals surface area contributed by atoms with Crippen LogP contribution < -0.4 is 5.73 Å². The molecule has 0 radical (unpaired) electrons. The van der Waals surface area contributed by atoms with E-state index in [1.807, 2.05) is 0 Å². The summed E-state index contributed by atoms with van der Waals surface area (Å²) in [5.41, 5.74) is 10.8. The van der Waals surface area contributed by atoms with Gasteiger partial charge in [0.15, 0.2) is 6.54 Å². The van der Waals surface area contributed by atoms with E-state index in [4.69, 9.17) is 5.73 Å². The number of quaternary nitrogens is 1. The lowest BCUT2D eigenvalue weighted by Crippen LogP contribution is -2.61. The Kier molecular flexibility index (Phi) is 2.58. The number of rotatable bonds is 2. The highest BCUT2D eigenvalue weighted by molar-refractivity contribution is 5.75. The van der Waals surface area contributed by atoms with Crippen molar-refractivity contribution >= 4 is 5.91 Å². The number of hydrogen-bond donors (Lipinski definition) is 1. The number of hydrogen-bond acceptors (Lipinski definition) is 1. The van der Waals surface area contributed by atoms with Crippen LogP contribution in [-0.4, -0.2) is 24.0 Å². The van der Waals surface area contributed by atoms with Gasteiger partial charge in [-0.2, -0.15) is 0 Å². The summed E-state index contributed by atoms with van der Waals surface area (Å²) in [6, 6.07) is 17.6. The Morgan fingerprint density at radius 3 is 2.55 bits per heavy atom. The summed E-state index contributed by atoms with van der Waals surface area (Å²) in [7, 11) is 2.19. The summed E-state index contributed by atoms with van der Waals surface area (Å²) in [5, 5.41) is 0. The smallest absolute Gasteiger partial charge is 0.272 e. The molecular weight excluding hydrogens is 272 g/mol. The third kappa shape index (κ3) is 1.42. The van der Waals surface area contributed by atoms with Crippen LogP contribution in [0.15, 0.2) is 48.5 Å². The van der Waals surface area contributed by atoms with Gasteiger partial charge in [0.25, 0.3) is 5.91 Å². The molecular formula is C19H21N2O+. The summed E-state index contributed by atoms with van der Waals surface area (Å²) >= 11 is 0. The van der Waals surface area contributed by atoms with Crippen LogP contribution in [0.3, 0.4) is 0 Å². The van der Waals surface area contributed by atoms with Gasteiger partial charge in [-0.25, -0.2) is 0 Å². The van der Waals surface area contributed by atoms with E-state index in [2.05, 4.69) is 62.5 Å². The average Bonchev–Trinajstić information content (AvgIpc) is 2.61. The summed E-state index contributed by atoms with van der Waals surface area (Å²) < 4.78 is 0.651. The molecule has 2 aromatic rings. The number of likely N-dealkylation sites (N-methyl/N-ethyl adjacent to an activating group) is 1. The van der Waals surface area contributed by atoms with Crippen molar-refractivity contribution in [2.45, 2.75) is 24.9 Å². The van der Waals surface area contributed by atoms with Crippen molar-refractivity contribution in [3.63, 3.8) is 0 Å². The molecule has 0 fully saturated rings. The van der Waals surface area contributed by atoms with Crippen LogP contribution in [0.2, 0.25) is 0 Å². The molecule has 1 amide bonds. The van der Waals surface area contributed by atoms with Crippen LogP contribution in [0.1, 0.15) is 35.2 Å². The molecule has 2 aliphatic heterocycles. The Hall–Kier alpha value is -2.13. The number of amides is 1. The summed E-state index contributed by atoms with van der Waals surface area (Å²) in [6.45, 7) is 2.64. The van der Waals surface area contributed by atoms with Crippen LogP contribution >= 0.6 is 0 Å². The van der Waals surface area contributed by atoms with Gasteiger partial charge in [-0.1, -0.05) is 48.5 Å². The molecule has 2 N–H and O–H groups in total. The van der Waals surface area contributed by atoms with Gasteiger partial charge < -0.3 is 5.73 Å². The van der Waals surface area contributed by atoms with Crippen molar-refractivity contribution in [2.24, 2.45) is 5.73 Å².